The predicted octanol–water partition coefficient (Wildman–Crippen LogP) is 1.40. The number of hydrogen-bond acceptors (Lipinski definition) is 3. The van der Waals surface area contributed by atoms with Crippen LogP contribution in [0.25, 0.3) is 0 Å². The number of hydrogen-bond donors (Lipinski definition) is 1. The lowest BCUT2D eigenvalue weighted by atomic mass is 10.0. The molecule has 1 atom stereocenters. The quantitative estimate of drug-likeness (QED) is 0.708. The summed E-state index contributed by atoms with van der Waals surface area (Å²) in [6.07, 6.45) is 0. The van der Waals surface area contributed by atoms with Gasteiger partial charge in [-0.3, -0.25) is 0 Å². The molecule has 0 amide bonds. The second-order valence-corrected chi connectivity index (χ2v) is 3.25. The lowest BCUT2D eigenvalue weighted by molar-refractivity contribution is 0.333. The van der Waals surface area contributed by atoms with E-state index in [-0.39, 0.29) is 6.04 Å². The van der Waals surface area contributed by atoms with Gasteiger partial charge in [-0.1, -0.05) is 6.07 Å². The Bertz CT molecular complexity index is 336. The first-order valence-electron chi connectivity index (χ1n) is 4.30. The maximum atomic E-state index is 5.89. The van der Waals surface area contributed by atoms with E-state index < -0.39 is 0 Å². The van der Waals surface area contributed by atoms with Crippen LogP contribution in [0.1, 0.15) is 17.2 Å². The summed E-state index contributed by atoms with van der Waals surface area (Å²) in [6.45, 7) is 2.55. The number of aryl methyl sites for hydroxylation is 1. The largest absolute Gasteiger partial charge is 0.496 e. The molecule has 1 aliphatic rings. The summed E-state index contributed by atoms with van der Waals surface area (Å²) in [5.74, 6) is 1.72. The van der Waals surface area contributed by atoms with Crippen LogP contribution in [0.2, 0.25) is 0 Å². The minimum Gasteiger partial charge on any atom is -0.496 e. The molecule has 0 bridgehead atoms. The summed E-state index contributed by atoms with van der Waals surface area (Å²) >= 11 is 0. The fourth-order valence-corrected chi connectivity index (χ4v) is 1.70. The molecule has 0 saturated heterocycles. The molecule has 2 N–H and O–H groups in total. The van der Waals surface area contributed by atoms with Gasteiger partial charge in [-0.15, -0.1) is 0 Å². The standard InChI is InChI=1S/C10H13NO2/c1-6-3-4-8-9(10(6)12-2)7(11)5-13-8/h3-4,7H,5,11H2,1-2H3/t7-/m0/s1. The van der Waals surface area contributed by atoms with E-state index in [1.54, 1.807) is 7.11 Å². The van der Waals surface area contributed by atoms with Gasteiger partial charge in [0.1, 0.15) is 18.1 Å². The molecule has 0 aliphatic carbocycles. The first kappa shape index (κ1) is 8.38. The zero-order valence-corrected chi connectivity index (χ0v) is 7.83. The summed E-state index contributed by atoms with van der Waals surface area (Å²) in [5.41, 5.74) is 7.99. The third kappa shape index (κ3) is 1.16. The second-order valence-electron chi connectivity index (χ2n) is 3.25. The van der Waals surface area contributed by atoms with Gasteiger partial charge < -0.3 is 15.2 Å². The average molecular weight is 179 g/mol. The van der Waals surface area contributed by atoms with Crippen LogP contribution in [0.15, 0.2) is 12.1 Å². The van der Waals surface area contributed by atoms with E-state index in [2.05, 4.69) is 0 Å². The van der Waals surface area contributed by atoms with Crippen LogP contribution in [0.4, 0.5) is 0 Å². The van der Waals surface area contributed by atoms with Crippen molar-refractivity contribution in [3.63, 3.8) is 0 Å². The van der Waals surface area contributed by atoms with Crippen molar-refractivity contribution >= 4 is 0 Å². The third-order valence-electron chi connectivity index (χ3n) is 2.35. The first-order valence-corrected chi connectivity index (χ1v) is 4.30. The summed E-state index contributed by atoms with van der Waals surface area (Å²) in [5, 5.41) is 0. The van der Waals surface area contributed by atoms with E-state index in [9.17, 15) is 0 Å². The molecular formula is C10H13NO2. The average Bonchev–Trinajstić information content (AvgIpc) is 2.49. The lowest BCUT2D eigenvalue weighted by Crippen LogP contribution is -2.12. The topological polar surface area (TPSA) is 44.5 Å². The molecule has 1 aliphatic heterocycles. The van der Waals surface area contributed by atoms with Gasteiger partial charge in [-0.2, -0.15) is 0 Å². The molecule has 3 heteroatoms. The minimum absolute atomic E-state index is 0.0511. The van der Waals surface area contributed by atoms with E-state index in [1.165, 1.54) is 0 Å². The zero-order valence-electron chi connectivity index (χ0n) is 7.83. The van der Waals surface area contributed by atoms with Crippen molar-refractivity contribution in [1.82, 2.24) is 0 Å². The monoisotopic (exact) mass is 179 g/mol. The predicted molar refractivity (Wildman–Crippen MR) is 50.2 cm³/mol. The number of benzene rings is 1. The molecule has 0 spiro atoms. The molecular weight excluding hydrogens is 166 g/mol. The van der Waals surface area contributed by atoms with Crippen LogP contribution in [0.5, 0.6) is 11.5 Å². The Morgan fingerprint density at radius 1 is 1.54 bits per heavy atom. The highest BCUT2D eigenvalue weighted by atomic mass is 16.5. The highest BCUT2D eigenvalue weighted by molar-refractivity contribution is 5.53. The van der Waals surface area contributed by atoms with Gasteiger partial charge in [0, 0.05) is 0 Å². The van der Waals surface area contributed by atoms with Crippen molar-refractivity contribution in [2.75, 3.05) is 13.7 Å². The van der Waals surface area contributed by atoms with Crippen molar-refractivity contribution in [3.8, 4) is 11.5 Å². The van der Waals surface area contributed by atoms with Crippen molar-refractivity contribution in [3.05, 3.63) is 23.3 Å². The second kappa shape index (κ2) is 2.92. The molecule has 0 saturated carbocycles. The van der Waals surface area contributed by atoms with Crippen LogP contribution in [0.3, 0.4) is 0 Å². The lowest BCUT2D eigenvalue weighted by Gasteiger charge is -2.10. The number of fused-ring (bicyclic) bond motifs is 1. The smallest absolute Gasteiger partial charge is 0.130 e. The molecule has 13 heavy (non-hydrogen) atoms. The fourth-order valence-electron chi connectivity index (χ4n) is 1.70. The van der Waals surface area contributed by atoms with Crippen molar-refractivity contribution < 1.29 is 9.47 Å². The van der Waals surface area contributed by atoms with Crippen molar-refractivity contribution in [2.45, 2.75) is 13.0 Å². The molecule has 2 rings (SSSR count). The van der Waals surface area contributed by atoms with E-state index in [0.717, 1.165) is 22.6 Å². The molecule has 0 unspecified atom stereocenters. The van der Waals surface area contributed by atoms with Crippen LogP contribution >= 0.6 is 0 Å². The van der Waals surface area contributed by atoms with Crippen LogP contribution in [-0.4, -0.2) is 13.7 Å². The fraction of sp³-hybridized carbons (Fsp3) is 0.400. The van der Waals surface area contributed by atoms with Gasteiger partial charge in [0.2, 0.25) is 0 Å². The number of methoxy groups -OCH3 is 1. The van der Waals surface area contributed by atoms with Gasteiger partial charge in [0.15, 0.2) is 0 Å². The molecule has 1 aromatic carbocycles. The zero-order chi connectivity index (χ0) is 9.42. The molecule has 70 valence electrons. The van der Waals surface area contributed by atoms with Gasteiger partial charge in [-0.25, -0.2) is 0 Å². The van der Waals surface area contributed by atoms with Crippen LogP contribution < -0.4 is 15.2 Å². The maximum Gasteiger partial charge on any atom is 0.130 e. The van der Waals surface area contributed by atoms with Crippen molar-refractivity contribution in [1.29, 1.82) is 0 Å². The SMILES string of the molecule is COc1c(C)ccc2c1[C@@H](N)CO2. The van der Waals surface area contributed by atoms with E-state index >= 15 is 0 Å². The van der Waals surface area contributed by atoms with Gasteiger partial charge in [0.25, 0.3) is 0 Å². The number of ether oxygens (including phenoxy) is 2. The summed E-state index contributed by atoms with van der Waals surface area (Å²) in [6, 6.07) is 3.88. The molecule has 1 aromatic rings. The summed E-state index contributed by atoms with van der Waals surface area (Å²) in [4.78, 5) is 0. The van der Waals surface area contributed by atoms with Crippen molar-refractivity contribution in [2.24, 2.45) is 5.73 Å². The molecule has 3 nitrogen and oxygen atoms in total. The van der Waals surface area contributed by atoms with Gasteiger partial charge in [-0.05, 0) is 18.6 Å². The molecule has 0 fully saturated rings. The minimum atomic E-state index is -0.0511. The Balaban J connectivity index is 2.60. The normalized spacial score (nSPS) is 19.5. The Morgan fingerprint density at radius 3 is 3.00 bits per heavy atom. The third-order valence-corrected chi connectivity index (χ3v) is 2.35. The Kier molecular flexibility index (Phi) is 1.88. The Morgan fingerprint density at radius 2 is 2.31 bits per heavy atom. The number of rotatable bonds is 1. The Hall–Kier alpha value is -1.22. The van der Waals surface area contributed by atoms with Crippen LogP contribution in [0, 0.1) is 6.92 Å². The van der Waals surface area contributed by atoms with Gasteiger partial charge >= 0.3 is 0 Å². The van der Waals surface area contributed by atoms with Gasteiger partial charge in [0.05, 0.1) is 18.7 Å². The van der Waals surface area contributed by atoms with E-state index in [0.29, 0.717) is 6.61 Å². The molecule has 0 aromatic heterocycles. The maximum absolute atomic E-state index is 5.89. The van der Waals surface area contributed by atoms with E-state index in [4.69, 9.17) is 15.2 Å². The van der Waals surface area contributed by atoms with Crippen LogP contribution in [-0.2, 0) is 0 Å². The molecule has 0 radical (unpaired) electrons. The highest BCUT2D eigenvalue weighted by Gasteiger charge is 2.25. The highest BCUT2D eigenvalue weighted by Crippen LogP contribution is 2.39. The first-order chi connectivity index (χ1) is 6.24. The summed E-state index contributed by atoms with van der Waals surface area (Å²) in [7, 11) is 1.66. The summed E-state index contributed by atoms with van der Waals surface area (Å²) < 4.78 is 10.7. The van der Waals surface area contributed by atoms with E-state index in [1.807, 2.05) is 19.1 Å². The Labute approximate surface area is 77.5 Å². The molecule has 1 heterocycles. The number of nitrogens with two attached hydrogens (primary N) is 1.